The van der Waals surface area contributed by atoms with Crippen LogP contribution in [0.1, 0.15) is 98.7 Å². The molecule has 0 N–H and O–H groups in total. The first-order valence-electron chi connectivity index (χ1n) is 12.1. The van der Waals surface area contributed by atoms with E-state index >= 15 is 0 Å². The van der Waals surface area contributed by atoms with Crippen molar-refractivity contribution in [2.24, 2.45) is 10.9 Å². The van der Waals surface area contributed by atoms with Gasteiger partial charge in [0, 0.05) is 11.6 Å². The Morgan fingerprint density at radius 1 is 1.06 bits per heavy atom. The molecule has 1 aromatic heterocycles. The van der Waals surface area contributed by atoms with Gasteiger partial charge >= 0.3 is 5.97 Å². The van der Waals surface area contributed by atoms with E-state index in [0.717, 1.165) is 37.1 Å². The predicted octanol–water partition coefficient (Wildman–Crippen LogP) is 6.76. The lowest BCUT2D eigenvalue weighted by Gasteiger charge is -2.23. The van der Waals surface area contributed by atoms with Gasteiger partial charge in [-0.1, -0.05) is 57.6 Å². The zero-order chi connectivity index (χ0) is 22.5. The van der Waals surface area contributed by atoms with E-state index in [1.807, 2.05) is 6.08 Å². The highest BCUT2D eigenvalue weighted by Crippen LogP contribution is 2.44. The van der Waals surface area contributed by atoms with Crippen molar-refractivity contribution in [3.8, 4) is 0 Å². The van der Waals surface area contributed by atoms with Gasteiger partial charge in [0.1, 0.15) is 0 Å². The Kier molecular flexibility index (Phi) is 7.23. The second-order valence-electron chi connectivity index (χ2n) is 8.93. The molecular formula is C27H33NO4. The Labute approximate surface area is 190 Å². The Morgan fingerprint density at radius 3 is 2.62 bits per heavy atom. The van der Waals surface area contributed by atoms with Crippen LogP contribution in [-0.4, -0.2) is 24.6 Å². The molecule has 1 saturated carbocycles. The Morgan fingerprint density at radius 2 is 1.81 bits per heavy atom. The van der Waals surface area contributed by atoms with Crippen molar-refractivity contribution in [3.63, 3.8) is 0 Å². The topological polar surface area (TPSA) is 68.9 Å². The summed E-state index contributed by atoms with van der Waals surface area (Å²) in [6.07, 6.45) is 17.2. The fraction of sp³-hybridized carbons (Fsp3) is 0.519. The number of fused-ring (bicyclic) bond motifs is 2. The van der Waals surface area contributed by atoms with E-state index in [1.165, 1.54) is 69.3 Å². The van der Waals surface area contributed by atoms with E-state index in [4.69, 9.17) is 14.1 Å². The number of Topliss-reactive ketones (excluding diaryl/α,β-unsaturated/α-hetero) is 1. The van der Waals surface area contributed by atoms with Crippen LogP contribution >= 0.6 is 0 Å². The Bertz CT molecular complexity index is 1000. The standard InChI is InChI=1S/C27H33NO4/c1-3-4-5-6-7-8-11-18-14-15-20(25-24(18)19-12-9-10-13-21(19)28-25)26(29)22-16-17-23(32-22)27(30)31-2/h14-18H,3-13H2,1-2H3. The fourth-order valence-electron chi connectivity index (χ4n) is 5.00. The number of allylic oxidation sites excluding steroid dienone is 5. The number of carbonyl (C=O) groups is 2. The summed E-state index contributed by atoms with van der Waals surface area (Å²) < 4.78 is 10.2. The summed E-state index contributed by atoms with van der Waals surface area (Å²) in [5.41, 5.74) is 5.19. The molecule has 0 aromatic carbocycles. The average Bonchev–Trinajstić information content (AvgIpc) is 3.46. The zero-order valence-corrected chi connectivity index (χ0v) is 19.2. The highest BCUT2D eigenvalue weighted by molar-refractivity contribution is 6.13. The molecule has 1 fully saturated rings. The summed E-state index contributed by atoms with van der Waals surface area (Å²) >= 11 is 0. The molecule has 2 aliphatic carbocycles. The largest absolute Gasteiger partial charge is 0.463 e. The number of methoxy groups -OCH3 is 1. The fourth-order valence-corrected chi connectivity index (χ4v) is 5.00. The molecule has 32 heavy (non-hydrogen) atoms. The lowest BCUT2D eigenvalue weighted by atomic mass is 9.79. The highest BCUT2D eigenvalue weighted by atomic mass is 16.5. The predicted molar refractivity (Wildman–Crippen MR) is 125 cm³/mol. The summed E-state index contributed by atoms with van der Waals surface area (Å²) in [5, 5.41) is 0. The minimum Gasteiger partial charge on any atom is -0.463 e. The number of carbonyl (C=O) groups excluding carboxylic acids is 2. The maximum Gasteiger partial charge on any atom is 0.373 e. The summed E-state index contributed by atoms with van der Waals surface area (Å²) in [4.78, 5) is 30.0. The van der Waals surface area contributed by atoms with E-state index in [2.05, 4.69) is 13.0 Å². The van der Waals surface area contributed by atoms with Crippen LogP contribution in [0, 0.1) is 5.92 Å². The van der Waals surface area contributed by atoms with Gasteiger partial charge in [0.05, 0.1) is 18.4 Å². The lowest BCUT2D eigenvalue weighted by Crippen LogP contribution is -2.15. The summed E-state index contributed by atoms with van der Waals surface area (Å²) in [6.45, 7) is 2.24. The van der Waals surface area contributed by atoms with Crippen molar-refractivity contribution in [1.82, 2.24) is 0 Å². The SMILES string of the molecule is CCCCCCCCC1C=CC(C(=O)c2ccc(C(=O)OC)o2)=C2N=C3CCCCC3=C21. The van der Waals surface area contributed by atoms with Crippen LogP contribution in [0.25, 0.3) is 0 Å². The molecule has 0 bridgehead atoms. The van der Waals surface area contributed by atoms with Gasteiger partial charge in [0.2, 0.25) is 11.5 Å². The first-order valence-corrected chi connectivity index (χ1v) is 12.1. The van der Waals surface area contributed by atoms with Crippen molar-refractivity contribution in [2.75, 3.05) is 7.11 Å². The van der Waals surface area contributed by atoms with E-state index in [-0.39, 0.29) is 17.3 Å². The van der Waals surface area contributed by atoms with E-state index < -0.39 is 5.97 Å². The molecule has 3 aliphatic rings. The lowest BCUT2D eigenvalue weighted by molar-refractivity contribution is 0.0563. The molecule has 1 aromatic rings. The molecule has 1 atom stereocenters. The molecule has 0 saturated heterocycles. The molecule has 5 heteroatoms. The van der Waals surface area contributed by atoms with Crippen LogP contribution in [0.3, 0.4) is 0 Å². The van der Waals surface area contributed by atoms with Gasteiger partial charge < -0.3 is 9.15 Å². The molecule has 5 nitrogen and oxygen atoms in total. The van der Waals surface area contributed by atoms with Gasteiger partial charge in [-0.3, -0.25) is 9.79 Å². The third kappa shape index (κ3) is 4.57. The molecule has 1 unspecified atom stereocenters. The molecule has 0 radical (unpaired) electrons. The molecule has 170 valence electrons. The van der Waals surface area contributed by atoms with Crippen LogP contribution < -0.4 is 0 Å². The molecule has 4 rings (SSSR count). The maximum absolute atomic E-state index is 13.3. The van der Waals surface area contributed by atoms with Gasteiger partial charge in [-0.05, 0) is 55.4 Å². The smallest absolute Gasteiger partial charge is 0.373 e. The highest BCUT2D eigenvalue weighted by Gasteiger charge is 2.35. The number of aliphatic imine (C=N–C) groups is 1. The quantitative estimate of drug-likeness (QED) is 0.231. The number of hydrogen-bond donors (Lipinski definition) is 0. The van der Waals surface area contributed by atoms with Crippen LogP contribution in [0.2, 0.25) is 0 Å². The van der Waals surface area contributed by atoms with Crippen molar-refractivity contribution in [1.29, 1.82) is 0 Å². The molecule has 2 heterocycles. The van der Waals surface area contributed by atoms with Crippen LogP contribution in [-0.2, 0) is 4.74 Å². The van der Waals surface area contributed by atoms with Crippen LogP contribution in [0.5, 0.6) is 0 Å². The third-order valence-corrected chi connectivity index (χ3v) is 6.72. The molecule has 0 spiro atoms. The monoisotopic (exact) mass is 435 g/mol. The number of furan rings is 1. The van der Waals surface area contributed by atoms with Crippen LogP contribution in [0.15, 0.2) is 56.1 Å². The third-order valence-electron chi connectivity index (χ3n) is 6.72. The second-order valence-corrected chi connectivity index (χ2v) is 8.93. The van der Waals surface area contributed by atoms with E-state index in [1.54, 1.807) is 6.07 Å². The number of esters is 1. The number of unbranched alkanes of at least 4 members (excludes halogenated alkanes) is 5. The Hall–Kier alpha value is -2.69. The zero-order valence-electron chi connectivity index (χ0n) is 19.2. The van der Waals surface area contributed by atoms with Gasteiger partial charge in [-0.2, -0.15) is 0 Å². The van der Waals surface area contributed by atoms with Gasteiger partial charge in [-0.15, -0.1) is 0 Å². The normalized spacial score (nSPS) is 19.7. The first-order chi connectivity index (χ1) is 15.6. The summed E-state index contributed by atoms with van der Waals surface area (Å²) in [5.74, 6) is -0.317. The van der Waals surface area contributed by atoms with E-state index in [9.17, 15) is 9.59 Å². The number of nitrogens with zero attached hydrogens (tertiary/aromatic N) is 1. The number of ketones is 1. The number of rotatable bonds is 10. The molecular weight excluding hydrogens is 402 g/mol. The minimum atomic E-state index is -0.588. The number of ether oxygens (including phenoxy) is 1. The van der Waals surface area contributed by atoms with Gasteiger partial charge in [0.15, 0.2) is 5.76 Å². The van der Waals surface area contributed by atoms with Gasteiger partial charge in [-0.25, -0.2) is 4.79 Å². The molecule has 0 amide bonds. The van der Waals surface area contributed by atoms with E-state index in [0.29, 0.717) is 11.5 Å². The van der Waals surface area contributed by atoms with Crippen molar-refractivity contribution < 1.29 is 18.7 Å². The van der Waals surface area contributed by atoms with Crippen molar-refractivity contribution in [3.05, 3.63) is 58.2 Å². The second kappa shape index (κ2) is 10.3. The maximum atomic E-state index is 13.3. The Balaban J connectivity index is 1.56. The average molecular weight is 436 g/mol. The van der Waals surface area contributed by atoms with Crippen LogP contribution in [0.4, 0.5) is 0 Å². The van der Waals surface area contributed by atoms with Crippen molar-refractivity contribution >= 4 is 17.5 Å². The molecule has 1 aliphatic heterocycles. The first kappa shape index (κ1) is 22.5. The minimum absolute atomic E-state index is 0.0344. The summed E-state index contributed by atoms with van der Waals surface area (Å²) in [6, 6.07) is 3.03. The number of hydrogen-bond acceptors (Lipinski definition) is 5. The van der Waals surface area contributed by atoms with Crippen molar-refractivity contribution in [2.45, 2.75) is 77.6 Å². The van der Waals surface area contributed by atoms with Gasteiger partial charge in [0.25, 0.3) is 0 Å². The summed E-state index contributed by atoms with van der Waals surface area (Å²) in [7, 11) is 1.29.